The van der Waals surface area contributed by atoms with Crippen LogP contribution in [0.2, 0.25) is 0 Å². The van der Waals surface area contributed by atoms with E-state index in [1.807, 2.05) is 4.90 Å². The molecule has 0 atom stereocenters. The summed E-state index contributed by atoms with van der Waals surface area (Å²) in [6.07, 6.45) is 4.68. The summed E-state index contributed by atoms with van der Waals surface area (Å²) < 4.78 is 5.48. The summed E-state index contributed by atoms with van der Waals surface area (Å²) in [5.74, 6) is 0.926. The number of piperidine rings is 1. The number of rotatable bonds is 8. The van der Waals surface area contributed by atoms with Crippen LogP contribution in [0.3, 0.4) is 0 Å². The highest BCUT2D eigenvalue weighted by Gasteiger charge is 2.15. The predicted octanol–water partition coefficient (Wildman–Crippen LogP) is 1.65. The average Bonchev–Trinajstić information content (AvgIpc) is 2.38. The highest BCUT2D eigenvalue weighted by atomic mass is 16.5. The van der Waals surface area contributed by atoms with Crippen LogP contribution in [0.25, 0.3) is 0 Å². The molecule has 0 bridgehead atoms. The van der Waals surface area contributed by atoms with Gasteiger partial charge in [0.1, 0.15) is 0 Å². The summed E-state index contributed by atoms with van der Waals surface area (Å²) in [5.41, 5.74) is 0. The van der Waals surface area contributed by atoms with Gasteiger partial charge in [-0.3, -0.25) is 4.79 Å². The van der Waals surface area contributed by atoms with Crippen molar-refractivity contribution in [2.24, 2.45) is 5.92 Å². The third-order valence-corrected chi connectivity index (χ3v) is 3.25. The van der Waals surface area contributed by atoms with Crippen molar-refractivity contribution in [3.63, 3.8) is 0 Å². The molecule has 106 valence electrons. The topological polar surface area (TPSA) is 41.6 Å². The van der Waals surface area contributed by atoms with Gasteiger partial charge in [0.2, 0.25) is 5.91 Å². The standard InChI is InChI=1S/C14H28N2O2/c1-13(2)6-10-18-11-7-15-12-14(17)16-8-4-3-5-9-16/h13,15H,3-12H2,1-2H3. The number of amides is 1. The first-order chi connectivity index (χ1) is 8.70. The van der Waals surface area contributed by atoms with Crippen LogP contribution < -0.4 is 5.32 Å². The molecule has 1 amide bonds. The minimum absolute atomic E-state index is 0.233. The fourth-order valence-electron chi connectivity index (χ4n) is 2.02. The molecule has 1 aliphatic heterocycles. The van der Waals surface area contributed by atoms with Gasteiger partial charge in [0.15, 0.2) is 0 Å². The SMILES string of the molecule is CC(C)CCOCCNCC(=O)N1CCCCC1. The van der Waals surface area contributed by atoms with Crippen molar-refractivity contribution in [3.05, 3.63) is 0 Å². The number of carbonyl (C=O) groups excluding carboxylic acids is 1. The molecule has 1 N–H and O–H groups in total. The van der Waals surface area contributed by atoms with Crippen molar-refractivity contribution >= 4 is 5.91 Å². The molecule has 1 rings (SSSR count). The van der Waals surface area contributed by atoms with Gasteiger partial charge in [-0.1, -0.05) is 13.8 Å². The fourth-order valence-corrected chi connectivity index (χ4v) is 2.02. The van der Waals surface area contributed by atoms with Crippen LogP contribution >= 0.6 is 0 Å². The van der Waals surface area contributed by atoms with Crippen LogP contribution in [0.1, 0.15) is 39.5 Å². The molecule has 18 heavy (non-hydrogen) atoms. The fraction of sp³-hybridized carbons (Fsp3) is 0.929. The van der Waals surface area contributed by atoms with E-state index in [9.17, 15) is 4.79 Å². The second-order valence-corrected chi connectivity index (χ2v) is 5.41. The van der Waals surface area contributed by atoms with Crippen LogP contribution in [0, 0.1) is 5.92 Å². The normalized spacial score (nSPS) is 16.3. The molecule has 0 unspecified atom stereocenters. The molecule has 4 nitrogen and oxygen atoms in total. The number of hydrogen-bond acceptors (Lipinski definition) is 3. The molecule has 1 fully saturated rings. The lowest BCUT2D eigenvalue weighted by molar-refractivity contribution is -0.131. The van der Waals surface area contributed by atoms with Crippen molar-refractivity contribution in [1.29, 1.82) is 0 Å². The van der Waals surface area contributed by atoms with Crippen LogP contribution in [-0.4, -0.2) is 50.2 Å². The van der Waals surface area contributed by atoms with Crippen molar-refractivity contribution in [2.45, 2.75) is 39.5 Å². The maximum atomic E-state index is 11.8. The number of likely N-dealkylation sites (tertiary alicyclic amines) is 1. The lowest BCUT2D eigenvalue weighted by Gasteiger charge is -2.26. The third-order valence-electron chi connectivity index (χ3n) is 3.25. The maximum Gasteiger partial charge on any atom is 0.236 e. The summed E-state index contributed by atoms with van der Waals surface area (Å²) in [6, 6.07) is 0. The maximum absolute atomic E-state index is 11.8. The zero-order valence-corrected chi connectivity index (χ0v) is 11.9. The summed E-state index contributed by atoms with van der Waals surface area (Å²) in [4.78, 5) is 13.8. The van der Waals surface area contributed by atoms with Crippen LogP contribution in [-0.2, 0) is 9.53 Å². The molecule has 0 aromatic heterocycles. The van der Waals surface area contributed by atoms with Crippen LogP contribution in [0.5, 0.6) is 0 Å². The van der Waals surface area contributed by atoms with E-state index in [2.05, 4.69) is 19.2 Å². The molecule has 0 aromatic carbocycles. The van der Waals surface area contributed by atoms with Gasteiger partial charge in [0.25, 0.3) is 0 Å². The van der Waals surface area contributed by atoms with Gasteiger partial charge < -0.3 is 15.0 Å². The largest absolute Gasteiger partial charge is 0.380 e. The summed E-state index contributed by atoms with van der Waals surface area (Å²) in [6.45, 7) is 8.99. The molecular formula is C14H28N2O2. The zero-order valence-electron chi connectivity index (χ0n) is 11.9. The van der Waals surface area contributed by atoms with E-state index >= 15 is 0 Å². The van der Waals surface area contributed by atoms with Gasteiger partial charge in [-0.2, -0.15) is 0 Å². The van der Waals surface area contributed by atoms with Gasteiger partial charge in [-0.25, -0.2) is 0 Å². The van der Waals surface area contributed by atoms with E-state index in [1.54, 1.807) is 0 Å². The highest BCUT2D eigenvalue weighted by molar-refractivity contribution is 5.78. The Balaban J connectivity index is 1.92. The molecule has 1 heterocycles. The third kappa shape index (κ3) is 6.97. The minimum atomic E-state index is 0.233. The van der Waals surface area contributed by atoms with E-state index in [4.69, 9.17) is 4.74 Å². The smallest absolute Gasteiger partial charge is 0.236 e. The Morgan fingerprint density at radius 3 is 2.61 bits per heavy atom. The van der Waals surface area contributed by atoms with Crippen molar-refractivity contribution in [3.8, 4) is 0 Å². The Kier molecular flexibility index (Phi) is 8.01. The Morgan fingerprint density at radius 2 is 1.94 bits per heavy atom. The van der Waals surface area contributed by atoms with E-state index in [1.165, 1.54) is 6.42 Å². The van der Waals surface area contributed by atoms with E-state index in [0.29, 0.717) is 19.1 Å². The highest BCUT2D eigenvalue weighted by Crippen LogP contribution is 2.08. The second-order valence-electron chi connectivity index (χ2n) is 5.41. The Hall–Kier alpha value is -0.610. The monoisotopic (exact) mass is 256 g/mol. The average molecular weight is 256 g/mol. The second kappa shape index (κ2) is 9.34. The Morgan fingerprint density at radius 1 is 1.22 bits per heavy atom. The van der Waals surface area contributed by atoms with Gasteiger partial charge in [-0.05, 0) is 31.6 Å². The number of hydrogen-bond donors (Lipinski definition) is 1. The van der Waals surface area contributed by atoms with E-state index in [-0.39, 0.29) is 5.91 Å². The first-order valence-electron chi connectivity index (χ1n) is 7.26. The van der Waals surface area contributed by atoms with Crippen molar-refractivity contribution in [1.82, 2.24) is 10.2 Å². The van der Waals surface area contributed by atoms with Crippen LogP contribution in [0.4, 0.5) is 0 Å². The van der Waals surface area contributed by atoms with Crippen molar-refractivity contribution in [2.75, 3.05) is 39.4 Å². The predicted molar refractivity (Wildman–Crippen MR) is 73.6 cm³/mol. The molecule has 0 aliphatic carbocycles. The van der Waals surface area contributed by atoms with Gasteiger partial charge in [-0.15, -0.1) is 0 Å². The molecule has 4 heteroatoms. The number of carbonyl (C=O) groups is 1. The quantitative estimate of drug-likeness (QED) is 0.671. The summed E-state index contributed by atoms with van der Waals surface area (Å²) in [7, 11) is 0. The molecule has 0 aromatic rings. The molecular weight excluding hydrogens is 228 g/mol. The van der Waals surface area contributed by atoms with Crippen molar-refractivity contribution < 1.29 is 9.53 Å². The van der Waals surface area contributed by atoms with Gasteiger partial charge in [0, 0.05) is 26.2 Å². The number of ether oxygens (including phenoxy) is 1. The molecule has 0 radical (unpaired) electrons. The molecule has 0 saturated carbocycles. The zero-order chi connectivity index (χ0) is 13.2. The lowest BCUT2D eigenvalue weighted by Crippen LogP contribution is -2.41. The number of nitrogens with zero attached hydrogens (tertiary/aromatic N) is 1. The lowest BCUT2D eigenvalue weighted by atomic mass is 10.1. The molecule has 1 aliphatic rings. The minimum Gasteiger partial charge on any atom is -0.380 e. The van der Waals surface area contributed by atoms with Gasteiger partial charge >= 0.3 is 0 Å². The van der Waals surface area contributed by atoms with E-state index < -0.39 is 0 Å². The first-order valence-corrected chi connectivity index (χ1v) is 7.26. The molecule has 0 spiro atoms. The van der Waals surface area contributed by atoms with Crippen LogP contribution in [0.15, 0.2) is 0 Å². The van der Waals surface area contributed by atoms with E-state index in [0.717, 1.165) is 45.5 Å². The summed E-state index contributed by atoms with van der Waals surface area (Å²) >= 11 is 0. The Labute approximate surface area is 111 Å². The first kappa shape index (κ1) is 15.4. The number of nitrogens with one attached hydrogen (secondary N) is 1. The molecule has 1 saturated heterocycles. The van der Waals surface area contributed by atoms with Gasteiger partial charge in [0.05, 0.1) is 13.2 Å². The Bertz CT molecular complexity index is 226. The summed E-state index contributed by atoms with van der Waals surface area (Å²) in [5, 5.41) is 3.15.